The summed E-state index contributed by atoms with van der Waals surface area (Å²) in [5.74, 6) is -1.45. The summed E-state index contributed by atoms with van der Waals surface area (Å²) in [6, 6.07) is 19.4. The second kappa shape index (κ2) is 8.60. The summed E-state index contributed by atoms with van der Waals surface area (Å²) in [5.41, 5.74) is 3.21. The van der Waals surface area contributed by atoms with Crippen molar-refractivity contribution in [1.29, 1.82) is 0 Å². The molecule has 0 saturated carbocycles. The van der Waals surface area contributed by atoms with Gasteiger partial charge in [-0.3, -0.25) is 4.79 Å². The molecule has 152 valence electrons. The number of carbonyl (C=O) groups excluding carboxylic acids is 2. The number of rotatable bonds is 6. The molecule has 0 aliphatic rings. The fraction of sp³-hybridized carbons (Fsp3) is 0.120. The molecule has 0 amide bonds. The van der Waals surface area contributed by atoms with Crippen LogP contribution in [0.25, 0.3) is 22.0 Å². The summed E-state index contributed by atoms with van der Waals surface area (Å²) in [6.45, 7) is 1.75. The summed E-state index contributed by atoms with van der Waals surface area (Å²) < 4.78 is 20.1. The molecule has 1 N–H and O–H groups in total. The van der Waals surface area contributed by atoms with E-state index in [9.17, 15) is 14.0 Å². The van der Waals surface area contributed by atoms with Crippen molar-refractivity contribution >= 4 is 30.4 Å². The molecule has 0 bridgehead atoms. The molecular formula is C25H19BFNO3. The first-order valence-corrected chi connectivity index (χ1v) is 9.85. The molecule has 31 heavy (non-hydrogen) atoms. The number of H-pyrrole nitrogens is 1. The summed E-state index contributed by atoms with van der Waals surface area (Å²) in [5, 5.41) is 0.713. The van der Waals surface area contributed by atoms with Crippen LogP contribution >= 0.6 is 0 Å². The van der Waals surface area contributed by atoms with Gasteiger partial charge in [0.2, 0.25) is 0 Å². The minimum absolute atomic E-state index is 0.0641. The van der Waals surface area contributed by atoms with Gasteiger partial charge in [-0.1, -0.05) is 54.6 Å². The van der Waals surface area contributed by atoms with E-state index in [0.717, 1.165) is 16.6 Å². The maximum Gasteiger partial charge on any atom is 0.313 e. The van der Waals surface area contributed by atoms with Crippen molar-refractivity contribution in [3.05, 3.63) is 95.4 Å². The van der Waals surface area contributed by atoms with Crippen LogP contribution < -0.4 is 0 Å². The number of fused-ring (bicyclic) bond motifs is 1. The van der Waals surface area contributed by atoms with E-state index in [2.05, 4.69) is 4.98 Å². The zero-order valence-corrected chi connectivity index (χ0v) is 16.9. The van der Waals surface area contributed by atoms with Crippen molar-refractivity contribution in [3.63, 3.8) is 0 Å². The van der Waals surface area contributed by atoms with Crippen LogP contribution in [0.15, 0.2) is 72.9 Å². The largest absolute Gasteiger partial charge is 0.460 e. The third kappa shape index (κ3) is 4.28. The molecule has 0 saturated heterocycles. The van der Waals surface area contributed by atoms with Gasteiger partial charge in [0.1, 0.15) is 18.1 Å². The summed E-state index contributed by atoms with van der Waals surface area (Å²) in [4.78, 5) is 26.9. The van der Waals surface area contributed by atoms with E-state index in [0.29, 0.717) is 22.1 Å². The highest BCUT2D eigenvalue weighted by Gasteiger charge is 2.19. The van der Waals surface area contributed by atoms with Crippen molar-refractivity contribution in [2.75, 3.05) is 0 Å². The molecular weight excluding hydrogens is 392 g/mol. The van der Waals surface area contributed by atoms with E-state index in [4.69, 9.17) is 12.6 Å². The number of ether oxygens (including phenoxy) is 1. The van der Waals surface area contributed by atoms with Crippen LogP contribution in [0, 0.1) is 5.82 Å². The Morgan fingerprint density at radius 2 is 1.84 bits per heavy atom. The minimum Gasteiger partial charge on any atom is -0.460 e. The van der Waals surface area contributed by atoms with Gasteiger partial charge >= 0.3 is 5.97 Å². The molecule has 3 aromatic carbocycles. The van der Waals surface area contributed by atoms with Crippen molar-refractivity contribution in [2.24, 2.45) is 0 Å². The molecule has 0 aliphatic heterocycles. The topological polar surface area (TPSA) is 59.2 Å². The maximum absolute atomic E-state index is 14.6. The van der Waals surface area contributed by atoms with Gasteiger partial charge in [-0.25, -0.2) is 4.39 Å². The lowest BCUT2D eigenvalue weighted by Gasteiger charge is -2.13. The highest BCUT2D eigenvalue weighted by molar-refractivity contribution is 6.63. The average Bonchev–Trinajstić information content (AvgIpc) is 3.21. The lowest BCUT2D eigenvalue weighted by molar-refractivity contribution is -0.146. The molecule has 4 aromatic rings. The number of carbonyl (C=O) groups is 2. The molecule has 1 heterocycles. The van der Waals surface area contributed by atoms with E-state index in [1.807, 2.05) is 30.3 Å². The normalized spacial score (nSPS) is 11.9. The van der Waals surface area contributed by atoms with Crippen molar-refractivity contribution in [1.82, 2.24) is 4.98 Å². The monoisotopic (exact) mass is 411 g/mol. The number of hydrogen-bond acceptors (Lipinski definition) is 3. The Labute approximate surface area is 180 Å². The quantitative estimate of drug-likeness (QED) is 0.354. The van der Waals surface area contributed by atoms with Crippen molar-refractivity contribution in [2.45, 2.75) is 19.4 Å². The molecule has 0 aliphatic carbocycles. The lowest BCUT2D eigenvalue weighted by atomic mass is 9.94. The summed E-state index contributed by atoms with van der Waals surface area (Å²) in [7, 11) is 5.35. The Kier molecular flexibility index (Phi) is 5.71. The molecule has 4 rings (SSSR count). The van der Waals surface area contributed by atoms with Gasteiger partial charge in [0.15, 0.2) is 7.85 Å². The zero-order valence-electron chi connectivity index (χ0n) is 16.9. The molecule has 4 nitrogen and oxygen atoms in total. The summed E-state index contributed by atoms with van der Waals surface area (Å²) in [6.07, 6.45) is 1.55. The number of aromatic nitrogens is 1. The molecule has 1 unspecified atom stereocenters. The van der Waals surface area contributed by atoms with Crippen LogP contribution in [-0.2, 0) is 16.1 Å². The van der Waals surface area contributed by atoms with Gasteiger partial charge in [0, 0.05) is 28.2 Å². The number of nitrogens with one attached hydrogen (secondary N) is 1. The van der Waals surface area contributed by atoms with Crippen LogP contribution in [0.2, 0.25) is 0 Å². The Morgan fingerprint density at radius 3 is 2.55 bits per heavy atom. The molecule has 1 atom stereocenters. The highest BCUT2D eigenvalue weighted by Crippen LogP contribution is 2.27. The molecule has 0 spiro atoms. The van der Waals surface area contributed by atoms with E-state index in [1.54, 1.807) is 43.5 Å². The number of esters is 1. The van der Waals surface area contributed by atoms with Crippen LogP contribution in [0.3, 0.4) is 0 Å². The lowest BCUT2D eigenvalue weighted by Crippen LogP contribution is -2.13. The predicted molar refractivity (Wildman–Crippen MR) is 118 cm³/mol. The van der Waals surface area contributed by atoms with Gasteiger partial charge in [-0.15, -0.1) is 0 Å². The fourth-order valence-corrected chi connectivity index (χ4v) is 3.54. The van der Waals surface area contributed by atoms with E-state index >= 15 is 0 Å². The van der Waals surface area contributed by atoms with Crippen LogP contribution in [0.4, 0.5) is 4.39 Å². The number of benzene rings is 3. The summed E-state index contributed by atoms with van der Waals surface area (Å²) >= 11 is 0. The van der Waals surface area contributed by atoms with E-state index in [-0.39, 0.29) is 12.4 Å². The smallest absolute Gasteiger partial charge is 0.313 e. The van der Waals surface area contributed by atoms with Crippen LogP contribution in [-0.4, -0.2) is 24.5 Å². The van der Waals surface area contributed by atoms with E-state index < -0.39 is 17.6 Å². The Morgan fingerprint density at radius 1 is 1.06 bits per heavy atom. The first kappa shape index (κ1) is 20.6. The SMILES string of the molecule is [B]C(=O)c1c[nH]c2cc(COC(=O)C(C)c3ccc(-c4ccccc4)c(F)c3)ccc12. The fourth-order valence-electron chi connectivity index (χ4n) is 3.54. The molecule has 2 radical (unpaired) electrons. The van der Waals surface area contributed by atoms with Gasteiger partial charge in [0.05, 0.1) is 5.92 Å². The van der Waals surface area contributed by atoms with E-state index in [1.165, 1.54) is 6.07 Å². The number of halogens is 1. The zero-order chi connectivity index (χ0) is 22.0. The first-order valence-electron chi connectivity index (χ1n) is 9.85. The molecule has 6 heteroatoms. The van der Waals surface area contributed by atoms with Gasteiger partial charge in [-0.2, -0.15) is 0 Å². The third-order valence-corrected chi connectivity index (χ3v) is 5.32. The number of hydrogen-bond donors (Lipinski definition) is 1. The van der Waals surface area contributed by atoms with Crippen LogP contribution in [0.5, 0.6) is 0 Å². The first-order chi connectivity index (χ1) is 14.9. The second-order valence-electron chi connectivity index (χ2n) is 7.38. The Balaban J connectivity index is 1.44. The maximum atomic E-state index is 14.6. The minimum atomic E-state index is -0.616. The molecule has 0 fully saturated rings. The highest BCUT2D eigenvalue weighted by atomic mass is 19.1. The number of aromatic amines is 1. The Bertz CT molecular complexity index is 1270. The van der Waals surface area contributed by atoms with Crippen molar-refractivity contribution < 1.29 is 18.7 Å². The second-order valence-corrected chi connectivity index (χ2v) is 7.38. The van der Waals surface area contributed by atoms with Gasteiger partial charge < -0.3 is 14.5 Å². The average molecular weight is 411 g/mol. The van der Waals surface area contributed by atoms with Gasteiger partial charge in [-0.05, 0) is 35.7 Å². The van der Waals surface area contributed by atoms with Crippen molar-refractivity contribution in [3.8, 4) is 11.1 Å². The van der Waals surface area contributed by atoms with Crippen LogP contribution in [0.1, 0.15) is 34.3 Å². The molecule has 1 aromatic heterocycles. The standard InChI is InChI=1S/C25H19BFNO3/c1-15(18-8-10-19(22(27)12-18)17-5-3-2-4-6-17)25(30)31-14-16-7-9-20-21(24(26)29)13-28-23(20)11-16/h2-13,15,28H,14H2,1H3. The third-order valence-electron chi connectivity index (χ3n) is 5.32. The predicted octanol–water partition coefficient (Wildman–Crippen LogP) is 5.13. The van der Waals surface area contributed by atoms with Gasteiger partial charge in [0.25, 0.3) is 0 Å². The Hall–Kier alpha value is -3.67.